The van der Waals surface area contributed by atoms with E-state index in [1.807, 2.05) is 4.90 Å². The van der Waals surface area contributed by atoms with Gasteiger partial charge < -0.3 is 10.0 Å². The molecule has 0 saturated heterocycles. The lowest BCUT2D eigenvalue weighted by atomic mass is 10.5. The fraction of sp³-hybridized carbons (Fsp3) is 0.300. The minimum atomic E-state index is -0.0769. The normalized spacial score (nSPS) is 10.0. The number of aromatic nitrogens is 1. The number of hydrogen-bond acceptors (Lipinski definition) is 4. The molecule has 5 heteroatoms. The minimum Gasteiger partial charge on any atom is -0.391 e. The lowest BCUT2D eigenvalue weighted by Crippen LogP contribution is -2.22. The Hall–Kier alpha value is -0.840. The third-order valence-corrected chi connectivity index (χ3v) is 3.28. The maximum atomic E-state index is 9.00. The Morgan fingerprint density at radius 2 is 2.00 bits per heavy atom. The summed E-state index contributed by atoms with van der Waals surface area (Å²) in [5, 5.41) is 10.2. The molecule has 82 valence electrons. The van der Waals surface area contributed by atoms with Gasteiger partial charge in [0, 0.05) is 13.1 Å². The van der Waals surface area contributed by atoms with Gasteiger partial charge in [-0.2, -0.15) is 0 Å². The lowest BCUT2D eigenvalue weighted by molar-refractivity contribution is 0.285. The van der Waals surface area contributed by atoms with Crippen LogP contribution in [0.2, 0.25) is 5.15 Å². The van der Waals surface area contributed by atoms with Crippen LogP contribution >= 0.6 is 22.9 Å². The number of aliphatic hydroxyl groups excluding tert-OH is 1. The van der Waals surface area contributed by atoms with Crippen LogP contribution in [-0.2, 0) is 6.61 Å². The fourth-order valence-corrected chi connectivity index (χ4v) is 2.23. The highest BCUT2D eigenvalue weighted by atomic mass is 35.5. The molecule has 0 radical (unpaired) electrons. The molecule has 1 rings (SSSR count). The van der Waals surface area contributed by atoms with Gasteiger partial charge in [-0.3, -0.25) is 0 Å². The first-order valence-corrected chi connectivity index (χ1v) is 5.65. The third kappa shape index (κ3) is 3.06. The number of hydrogen-bond donors (Lipinski definition) is 1. The quantitative estimate of drug-likeness (QED) is 0.781. The first kappa shape index (κ1) is 12.2. The summed E-state index contributed by atoms with van der Waals surface area (Å²) in [6.45, 7) is 8.64. The molecular weight excluding hydrogens is 232 g/mol. The molecule has 0 aromatic carbocycles. The zero-order chi connectivity index (χ0) is 11.3. The van der Waals surface area contributed by atoms with Gasteiger partial charge in [-0.25, -0.2) is 4.98 Å². The van der Waals surface area contributed by atoms with E-state index in [2.05, 4.69) is 18.1 Å². The Labute approximate surface area is 98.3 Å². The molecule has 0 spiro atoms. The zero-order valence-electron chi connectivity index (χ0n) is 8.32. The number of nitrogens with zero attached hydrogens (tertiary/aromatic N) is 2. The van der Waals surface area contributed by atoms with Crippen molar-refractivity contribution in [3.8, 4) is 0 Å². The van der Waals surface area contributed by atoms with Crippen molar-refractivity contribution >= 4 is 28.1 Å². The van der Waals surface area contributed by atoms with E-state index in [9.17, 15) is 0 Å². The Morgan fingerprint density at radius 3 is 2.40 bits per heavy atom. The lowest BCUT2D eigenvalue weighted by Gasteiger charge is -2.17. The van der Waals surface area contributed by atoms with E-state index in [0.717, 1.165) is 5.13 Å². The van der Waals surface area contributed by atoms with Gasteiger partial charge in [0.05, 0.1) is 11.5 Å². The monoisotopic (exact) mass is 244 g/mol. The molecule has 1 aromatic rings. The predicted molar refractivity (Wildman–Crippen MR) is 65.7 cm³/mol. The number of anilines is 1. The van der Waals surface area contributed by atoms with E-state index in [4.69, 9.17) is 16.7 Å². The highest BCUT2D eigenvalue weighted by Crippen LogP contribution is 2.29. The third-order valence-electron chi connectivity index (χ3n) is 1.75. The van der Waals surface area contributed by atoms with Gasteiger partial charge in [-0.1, -0.05) is 35.1 Å². The largest absolute Gasteiger partial charge is 0.391 e. The van der Waals surface area contributed by atoms with Crippen LogP contribution in [0.25, 0.3) is 0 Å². The Bertz CT molecular complexity index is 341. The molecule has 1 aromatic heterocycles. The van der Waals surface area contributed by atoms with Gasteiger partial charge in [-0.05, 0) is 0 Å². The Balaban J connectivity index is 2.89. The van der Waals surface area contributed by atoms with Gasteiger partial charge in [0.15, 0.2) is 5.13 Å². The van der Waals surface area contributed by atoms with Crippen LogP contribution in [-0.4, -0.2) is 23.2 Å². The predicted octanol–water partition coefficient (Wildman–Crippen LogP) is 2.47. The Morgan fingerprint density at radius 1 is 1.40 bits per heavy atom. The first-order chi connectivity index (χ1) is 7.22. The van der Waals surface area contributed by atoms with E-state index in [-0.39, 0.29) is 6.61 Å². The standard InChI is InChI=1S/C10H13ClN2OS/c1-3-5-13(6-4-2)10-12-9(11)8(7-14)15-10/h3-4,14H,1-2,5-7H2. The van der Waals surface area contributed by atoms with Gasteiger partial charge in [0.1, 0.15) is 5.15 Å². The van der Waals surface area contributed by atoms with Crippen molar-refractivity contribution in [3.05, 3.63) is 35.3 Å². The van der Waals surface area contributed by atoms with E-state index in [1.165, 1.54) is 11.3 Å². The van der Waals surface area contributed by atoms with E-state index in [0.29, 0.717) is 23.1 Å². The van der Waals surface area contributed by atoms with Gasteiger partial charge in [0.2, 0.25) is 0 Å². The van der Waals surface area contributed by atoms with Crippen LogP contribution in [0.1, 0.15) is 4.88 Å². The number of thiazole rings is 1. The van der Waals surface area contributed by atoms with Crippen LogP contribution in [0.3, 0.4) is 0 Å². The average Bonchev–Trinajstić information content (AvgIpc) is 2.59. The molecule has 0 fully saturated rings. The van der Waals surface area contributed by atoms with Crippen LogP contribution in [0, 0.1) is 0 Å². The first-order valence-electron chi connectivity index (χ1n) is 4.45. The molecule has 15 heavy (non-hydrogen) atoms. The molecule has 3 nitrogen and oxygen atoms in total. The molecule has 0 aliphatic heterocycles. The molecule has 0 atom stereocenters. The highest BCUT2D eigenvalue weighted by Gasteiger charge is 2.12. The van der Waals surface area contributed by atoms with Crippen LogP contribution in [0.15, 0.2) is 25.3 Å². The number of halogens is 1. The van der Waals surface area contributed by atoms with Crippen molar-refractivity contribution in [1.82, 2.24) is 4.98 Å². The fourth-order valence-electron chi connectivity index (χ4n) is 1.10. The van der Waals surface area contributed by atoms with E-state index in [1.54, 1.807) is 12.2 Å². The number of aliphatic hydroxyl groups is 1. The van der Waals surface area contributed by atoms with Crippen LogP contribution in [0.5, 0.6) is 0 Å². The maximum Gasteiger partial charge on any atom is 0.187 e. The molecular formula is C10H13ClN2OS. The maximum absolute atomic E-state index is 9.00. The van der Waals surface area contributed by atoms with Crippen molar-refractivity contribution in [2.45, 2.75) is 6.61 Å². The van der Waals surface area contributed by atoms with Crippen LogP contribution in [0.4, 0.5) is 5.13 Å². The van der Waals surface area contributed by atoms with Crippen molar-refractivity contribution in [3.63, 3.8) is 0 Å². The highest BCUT2D eigenvalue weighted by molar-refractivity contribution is 7.16. The molecule has 0 saturated carbocycles. The summed E-state index contributed by atoms with van der Waals surface area (Å²) in [6.07, 6.45) is 3.58. The number of rotatable bonds is 6. The summed E-state index contributed by atoms with van der Waals surface area (Å²) in [7, 11) is 0. The second-order valence-corrected chi connectivity index (χ2v) is 4.27. The average molecular weight is 245 g/mol. The van der Waals surface area contributed by atoms with Crippen molar-refractivity contribution in [2.24, 2.45) is 0 Å². The van der Waals surface area contributed by atoms with Crippen molar-refractivity contribution in [2.75, 3.05) is 18.0 Å². The molecule has 0 bridgehead atoms. The summed E-state index contributed by atoms with van der Waals surface area (Å²) >= 11 is 7.24. The topological polar surface area (TPSA) is 36.4 Å². The SMILES string of the molecule is C=CCN(CC=C)c1nc(Cl)c(CO)s1. The molecule has 1 N–H and O–H groups in total. The summed E-state index contributed by atoms with van der Waals surface area (Å²) in [4.78, 5) is 6.84. The van der Waals surface area contributed by atoms with Gasteiger partial charge in [-0.15, -0.1) is 13.2 Å². The zero-order valence-corrected chi connectivity index (χ0v) is 9.89. The van der Waals surface area contributed by atoms with E-state index >= 15 is 0 Å². The Kier molecular flexibility index (Phi) is 4.81. The summed E-state index contributed by atoms with van der Waals surface area (Å²) in [5.74, 6) is 0. The van der Waals surface area contributed by atoms with Crippen LogP contribution < -0.4 is 4.90 Å². The second-order valence-electron chi connectivity index (χ2n) is 2.85. The van der Waals surface area contributed by atoms with Gasteiger partial charge in [0.25, 0.3) is 0 Å². The molecule has 0 aliphatic rings. The summed E-state index contributed by atoms with van der Waals surface area (Å²) in [5.41, 5.74) is 0. The van der Waals surface area contributed by atoms with Gasteiger partial charge >= 0.3 is 0 Å². The minimum absolute atomic E-state index is 0.0769. The molecule has 1 heterocycles. The molecule has 0 unspecified atom stereocenters. The molecule has 0 amide bonds. The summed E-state index contributed by atoms with van der Waals surface area (Å²) in [6, 6.07) is 0. The smallest absolute Gasteiger partial charge is 0.187 e. The van der Waals surface area contributed by atoms with Crippen molar-refractivity contribution in [1.29, 1.82) is 0 Å². The second kappa shape index (κ2) is 5.90. The van der Waals surface area contributed by atoms with E-state index < -0.39 is 0 Å². The summed E-state index contributed by atoms with van der Waals surface area (Å²) < 4.78 is 0. The molecule has 0 aliphatic carbocycles. The van der Waals surface area contributed by atoms with Crippen molar-refractivity contribution < 1.29 is 5.11 Å².